The molecule has 0 unspecified atom stereocenters. The quantitative estimate of drug-likeness (QED) is 0.903. The third-order valence-corrected chi connectivity index (χ3v) is 5.29. The van der Waals surface area contributed by atoms with Crippen LogP contribution in [0.2, 0.25) is 0 Å². The predicted molar refractivity (Wildman–Crippen MR) is 93.2 cm³/mol. The van der Waals surface area contributed by atoms with Gasteiger partial charge in [0.05, 0.1) is 11.3 Å². The highest BCUT2D eigenvalue weighted by Gasteiger charge is 2.26. The fourth-order valence-corrected chi connectivity index (χ4v) is 3.66. The molecule has 0 atom stereocenters. The SMILES string of the molecule is O=C(Nc1nc(CN2CCCCC2)cs1)c1cnc(C2CC2)nc1. The predicted octanol–water partition coefficient (Wildman–Crippen LogP) is 3.05. The van der Waals surface area contributed by atoms with E-state index in [-0.39, 0.29) is 5.91 Å². The summed E-state index contributed by atoms with van der Waals surface area (Å²) in [5, 5.41) is 5.51. The van der Waals surface area contributed by atoms with E-state index in [1.165, 1.54) is 30.6 Å². The van der Waals surface area contributed by atoms with Crippen LogP contribution in [0.1, 0.15) is 59.9 Å². The fraction of sp³-hybridized carbons (Fsp3) is 0.529. The van der Waals surface area contributed by atoms with Crippen LogP contribution >= 0.6 is 11.3 Å². The van der Waals surface area contributed by atoms with E-state index in [0.717, 1.165) is 44.0 Å². The molecule has 24 heavy (non-hydrogen) atoms. The van der Waals surface area contributed by atoms with Gasteiger partial charge in [0.1, 0.15) is 5.82 Å². The van der Waals surface area contributed by atoms with E-state index in [4.69, 9.17) is 0 Å². The monoisotopic (exact) mass is 343 g/mol. The van der Waals surface area contributed by atoms with Crippen molar-refractivity contribution in [3.05, 3.63) is 34.9 Å². The van der Waals surface area contributed by atoms with Crippen LogP contribution in [-0.4, -0.2) is 38.8 Å². The summed E-state index contributed by atoms with van der Waals surface area (Å²) in [4.78, 5) is 27.8. The summed E-state index contributed by atoms with van der Waals surface area (Å²) in [6.07, 6.45) is 9.40. The van der Waals surface area contributed by atoms with Gasteiger partial charge in [-0.15, -0.1) is 11.3 Å². The van der Waals surface area contributed by atoms with Gasteiger partial charge < -0.3 is 0 Å². The molecule has 6 nitrogen and oxygen atoms in total. The Kier molecular flexibility index (Phi) is 4.53. The van der Waals surface area contributed by atoms with Crippen LogP contribution in [0.25, 0.3) is 0 Å². The minimum absolute atomic E-state index is 0.198. The van der Waals surface area contributed by atoms with Crippen LogP contribution in [0.3, 0.4) is 0 Å². The van der Waals surface area contributed by atoms with E-state index >= 15 is 0 Å². The highest BCUT2D eigenvalue weighted by Crippen LogP contribution is 2.37. The average Bonchev–Trinajstić information content (AvgIpc) is 3.38. The second-order valence-electron chi connectivity index (χ2n) is 6.54. The topological polar surface area (TPSA) is 71.0 Å². The number of carbonyl (C=O) groups is 1. The van der Waals surface area contributed by atoms with Crippen molar-refractivity contribution < 1.29 is 4.79 Å². The third-order valence-electron chi connectivity index (χ3n) is 4.48. The molecular formula is C17H21N5OS. The first-order chi connectivity index (χ1) is 11.8. The zero-order valence-electron chi connectivity index (χ0n) is 13.6. The lowest BCUT2D eigenvalue weighted by molar-refractivity contribution is 0.102. The molecule has 0 spiro atoms. The first-order valence-electron chi connectivity index (χ1n) is 8.58. The van der Waals surface area contributed by atoms with E-state index in [1.807, 2.05) is 5.38 Å². The standard InChI is InChI=1S/C17H21N5OS/c23-16(13-8-18-15(19-9-13)12-4-5-12)21-17-20-14(11-24-17)10-22-6-2-1-3-7-22/h8-9,11-12H,1-7,10H2,(H,20,21,23). The molecule has 126 valence electrons. The Morgan fingerprint density at radius 2 is 1.96 bits per heavy atom. The molecule has 1 aliphatic heterocycles. The molecule has 2 aliphatic rings. The van der Waals surface area contributed by atoms with Crippen LogP contribution in [0.15, 0.2) is 17.8 Å². The van der Waals surface area contributed by atoms with Gasteiger partial charge in [0.15, 0.2) is 5.13 Å². The molecule has 1 saturated carbocycles. The number of thiazole rings is 1. The summed E-state index contributed by atoms with van der Waals surface area (Å²) in [5.41, 5.74) is 1.50. The van der Waals surface area contributed by atoms with Crippen molar-refractivity contribution >= 4 is 22.4 Å². The number of carbonyl (C=O) groups excluding carboxylic acids is 1. The minimum atomic E-state index is -0.198. The zero-order chi connectivity index (χ0) is 16.4. The number of nitrogens with one attached hydrogen (secondary N) is 1. The zero-order valence-corrected chi connectivity index (χ0v) is 14.4. The summed E-state index contributed by atoms with van der Waals surface area (Å²) >= 11 is 1.47. The molecule has 0 radical (unpaired) electrons. The molecule has 1 amide bonds. The lowest BCUT2D eigenvalue weighted by atomic mass is 10.1. The normalized spacial score (nSPS) is 18.5. The van der Waals surface area contributed by atoms with Gasteiger partial charge in [0, 0.05) is 30.2 Å². The van der Waals surface area contributed by atoms with E-state index in [1.54, 1.807) is 12.4 Å². The van der Waals surface area contributed by atoms with Crippen molar-refractivity contribution in [2.45, 2.75) is 44.6 Å². The van der Waals surface area contributed by atoms with Crippen molar-refractivity contribution in [3.8, 4) is 0 Å². The maximum absolute atomic E-state index is 12.3. The summed E-state index contributed by atoms with van der Waals surface area (Å²) in [6, 6.07) is 0. The van der Waals surface area contributed by atoms with Crippen molar-refractivity contribution in [3.63, 3.8) is 0 Å². The molecule has 0 aromatic carbocycles. The summed E-state index contributed by atoms with van der Waals surface area (Å²) in [6.45, 7) is 3.15. The molecule has 1 N–H and O–H groups in total. The Hall–Kier alpha value is -1.86. The molecule has 4 rings (SSSR count). The van der Waals surface area contributed by atoms with Crippen LogP contribution in [0.4, 0.5) is 5.13 Å². The largest absolute Gasteiger partial charge is 0.298 e. The second-order valence-corrected chi connectivity index (χ2v) is 7.40. The molecule has 0 bridgehead atoms. The van der Waals surface area contributed by atoms with Crippen molar-refractivity contribution in [2.24, 2.45) is 0 Å². The van der Waals surface area contributed by atoms with E-state index < -0.39 is 0 Å². The average molecular weight is 343 g/mol. The summed E-state index contributed by atoms with van der Waals surface area (Å²) < 4.78 is 0. The highest BCUT2D eigenvalue weighted by atomic mass is 32.1. The first kappa shape index (κ1) is 15.7. The van der Waals surface area contributed by atoms with Crippen LogP contribution in [0.5, 0.6) is 0 Å². The number of anilines is 1. The molecule has 1 saturated heterocycles. The smallest absolute Gasteiger partial charge is 0.260 e. The van der Waals surface area contributed by atoms with Gasteiger partial charge in [-0.3, -0.25) is 15.0 Å². The van der Waals surface area contributed by atoms with Crippen molar-refractivity contribution in [1.82, 2.24) is 19.9 Å². The van der Waals surface area contributed by atoms with Gasteiger partial charge in [-0.05, 0) is 38.8 Å². The minimum Gasteiger partial charge on any atom is -0.298 e. The maximum Gasteiger partial charge on any atom is 0.260 e. The van der Waals surface area contributed by atoms with E-state index in [2.05, 4.69) is 25.2 Å². The summed E-state index contributed by atoms with van der Waals surface area (Å²) in [7, 11) is 0. The molecule has 2 aromatic heterocycles. The van der Waals surface area contributed by atoms with Gasteiger partial charge in [-0.25, -0.2) is 15.0 Å². The number of hydrogen-bond donors (Lipinski definition) is 1. The Morgan fingerprint density at radius 3 is 2.67 bits per heavy atom. The Labute approximate surface area is 145 Å². The number of aromatic nitrogens is 3. The Bertz CT molecular complexity index is 704. The molecule has 7 heteroatoms. The number of likely N-dealkylation sites (tertiary alicyclic amines) is 1. The highest BCUT2D eigenvalue weighted by molar-refractivity contribution is 7.13. The van der Waals surface area contributed by atoms with Gasteiger partial charge in [0.2, 0.25) is 0 Å². The number of amides is 1. The molecule has 1 aliphatic carbocycles. The van der Waals surface area contributed by atoms with Crippen LogP contribution in [-0.2, 0) is 6.54 Å². The van der Waals surface area contributed by atoms with Crippen molar-refractivity contribution in [2.75, 3.05) is 18.4 Å². The Balaban J connectivity index is 1.35. The van der Waals surface area contributed by atoms with E-state index in [0.29, 0.717) is 16.6 Å². The second kappa shape index (κ2) is 6.94. The Morgan fingerprint density at radius 1 is 1.21 bits per heavy atom. The van der Waals surface area contributed by atoms with Gasteiger partial charge >= 0.3 is 0 Å². The molecule has 2 fully saturated rings. The van der Waals surface area contributed by atoms with Gasteiger partial charge in [-0.2, -0.15) is 0 Å². The number of piperidine rings is 1. The van der Waals surface area contributed by atoms with Gasteiger partial charge in [-0.1, -0.05) is 6.42 Å². The molecule has 3 heterocycles. The third kappa shape index (κ3) is 3.79. The number of hydrogen-bond acceptors (Lipinski definition) is 6. The molecular weight excluding hydrogens is 322 g/mol. The van der Waals surface area contributed by atoms with Crippen LogP contribution < -0.4 is 5.32 Å². The fourth-order valence-electron chi connectivity index (χ4n) is 2.96. The maximum atomic E-state index is 12.3. The van der Waals surface area contributed by atoms with Crippen molar-refractivity contribution in [1.29, 1.82) is 0 Å². The number of rotatable bonds is 5. The van der Waals surface area contributed by atoms with E-state index in [9.17, 15) is 4.79 Å². The summed E-state index contributed by atoms with van der Waals surface area (Å²) in [5.74, 6) is 1.15. The molecule has 2 aromatic rings. The lowest BCUT2D eigenvalue weighted by Gasteiger charge is -2.25. The van der Waals surface area contributed by atoms with Crippen LogP contribution in [0, 0.1) is 0 Å². The number of nitrogens with zero attached hydrogens (tertiary/aromatic N) is 4. The lowest BCUT2D eigenvalue weighted by Crippen LogP contribution is -2.29. The van der Waals surface area contributed by atoms with Gasteiger partial charge in [0.25, 0.3) is 5.91 Å². The first-order valence-corrected chi connectivity index (χ1v) is 9.46.